The van der Waals surface area contributed by atoms with E-state index in [1.54, 1.807) is 23.1 Å². The fraction of sp³-hybridized carbons (Fsp3) is 0.417. The molecule has 2 aromatic carbocycles. The summed E-state index contributed by atoms with van der Waals surface area (Å²) in [7, 11) is 0. The Hall–Kier alpha value is -1.93. The van der Waals surface area contributed by atoms with Crippen molar-refractivity contribution in [2.75, 3.05) is 50.0 Å². The summed E-state index contributed by atoms with van der Waals surface area (Å²) >= 11 is 3.34. The van der Waals surface area contributed by atoms with Gasteiger partial charge < -0.3 is 4.74 Å². The molecule has 1 aliphatic rings. The maximum atomic E-state index is 13.3. The number of rotatable bonds is 8. The van der Waals surface area contributed by atoms with Crippen molar-refractivity contribution in [1.29, 1.82) is 0 Å². The van der Waals surface area contributed by atoms with Crippen LogP contribution in [-0.2, 0) is 9.53 Å². The molecule has 1 aromatic heterocycles. The van der Waals surface area contributed by atoms with Crippen LogP contribution in [0.2, 0.25) is 0 Å². The molecule has 0 N–H and O–H groups in total. The molecule has 0 saturated carbocycles. The van der Waals surface area contributed by atoms with E-state index in [1.807, 2.05) is 23.1 Å². The zero-order valence-corrected chi connectivity index (χ0v) is 19.8. The maximum absolute atomic E-state index is 13.3. The van der Waals surface area contributed by atoms with Gasteiger partial charge in [-0.25, -0.2) is 4.98 Å². The Morgan fingerprint density at radius 3 is 2.68 bits per heavy atom. The van der Waals surface area contributed by atoms with E-state index in [0.29, 0.717) is 13.0 Å². The van der Waals surface area contributed by atoms with Gasteiger partial charge in [-0.05, 0) is 49.2 Å². The minimum atomic E-state index is 0.143. The van der Waals surface area contributed by atoms with Crippen LogP contribution in [0.3, 0.4) is 0 Å². The number of aryl methyl sites for hydroxylation is 2. The Kier molecular flexibility index (Phi) is 7.61. The van der Waals surface area contributed by atoms with Gasteiger partial charge in [0.2, 0.25) is 5.91 Å². The lowest BCUT2D eigenvalue weighted by atomic mass is 10.1. The van der Waals surface area contributed by atoms with Crippen LogP contribution >= 0.6 is 23.1 Å². The Morgan fingerprint density at radius 1 is 1.16 bits per heavy atom. The van der Waals surface area contributed by atoms with Crippen LogP contribution in [-0.4, -0.2) is 60.9 Å². The Bertz CT molecular complexity index is 977. The van der Waals surface area contributed by atoms with Crippen molar-refractivity contribution < 1.29 is 9.53 Å². The van der Waals surface area contributed by atoms with Gasteiger partial charge in [0.1, 0.15) is 0 Å². The van der Waals surface area contributed by atoms with Crippen molar-refractivity contribution in [2.24, 2.45) is 0 Å². The molecule has 0 atom stereocenters. The maximum Gasteiger partial charge on any atom is 0.229 e. The first kappa shape index (κ1) is 22.3. The number of hydrogen-bond donors (Lipinski definition) is 0. The number of hydrogen-bond acceptors (Lipinski definition) is 6. The standard InChI is InChI=1S/C24H29N3O2S2/c1-18-16-21-22(17-19(18)2)31-24(25-21)27(10-9-26-11-13-29-14-12-26)23(28)8-15-30-20-6-4-3-5-7-20/h3-7,16-17H,8-15H2,1-2H3. The molecule has 5 nitrogen and oxygen atoms in total. The smallest absolute Gasteiger partial charge is 0.229 e. The van der Waals surface area contributed by atoms with Crippen LogP contribution in [0.4, 0.5) is 5.13 Å². The first-order valence-electron chi connectivity index (χ1n) is 10.8. The van der Waals surface area contributed by atoms with Crippen LogP contribution in [0.5, 0.6) is 0 Å². The van der Waals surface area contributed by atoms with Crippen molar-refractivity contribution in [1.82, 2.24) is 9.88 Å². The number of amides is 1. The van der Waals surface area contributed by atoms with Gasteiger partial charge in [-0.3, -0.25) is 14.6 Å². The van der Waals surface area contributed by atoms with E-state index in [1.165, 1.54) is 16.0 Å². The van der Waals surface area contributed by atoms with Gasteiger partial charge in [-0.1, -0.05) is 29.5 Å². The van der Waals surface area contributed by atoms with E-state index >= 15 is 0 Å². The molecule has 1 aliphatic heterocycles. The number of carbonyl (C=O) groups is 1. The van der Waals surface area contributed by atoms with Crippen molar-refractivity contribution in [3.05, 3.63) is 53.6 Å². The van der Waals surface area contributed by atoms with E-state index in [0.717, 1.165) is 53.9 Å². The number of benzene rings is 2. The third kappa shape index (κ3) is 5.86. The number of thiazole rings is 1. The quantitative estimate of drug-likeness (QED) is 0.458. The van der Waals surface area contributed by atoms with Crippen molar-refractivity contribution in [3.63, 3.8) is 0 Å². The lowest BCUT2D eigenvalue weighted by molar-refractivity contribution is -0.118. The van der Waals surface area contributed by atoms with E-state index in [9.17, 15) is 4.79 Å². The Morgan fingerprint density at radius 2 is 1.90 bits per heavy atom. The normalized spacial score (nSPS) is 14.8. The van der Waals surface area contributed by atoms with Crippen molar-refractivity contribution >= 4 is 44.4 Å². The molecule has 2 heterocycles. The zero-order chi connectivity index (χ0) is 21.6. The first-order valence-corrected chi connectivity index (χ1v) is 12.6. The van der Waals surface area contributed by atoms with E-state index < -0.39 is 0 Å². The second-order valence-corrected chi connectivity index (χ2v) is 9.99. The first-order chi connectivity index (χ1) is 15.1. The summed E-state index contributed by atoms with van der Waals surface area (Å²) in [5.41, 5.74) is 3.47. The predicted octanol–water partition coefficient (Wildman–Crippen LogP) is 4.76. The second-order valence-electron chi connectivity index (χ2n) is 7.81. The van der Waals surface area contributed by atoms with Gasteiger partial charge in [-0.2, -0.15) is 0 Å². The van der Waals surface area contributed by atoms with Gasteiger partial charge in [0, 0.05) is 43.2 Å². The highest BCUT2D eigenvalue weighted by atomic mass is 32.2. The average molecular weight is 456 g/mol. The Labute approximate surface area is 192 Å². The fourth-order valence-electron chi connectivity index (χ4n) is 3.58. The molecule has 1 amide bonds. The summed E-state index contributed by atoms with van der Waals surface area (Å²) in [5, 5.41) is 0.808. The summed E-state index contributed by atoms with van der Waals surface area (Å²) in [5.74, 6) is 0.907. The second kappa shape index (κ2) is 10.6. The van der Waals surface area contributed by atoms with Gasteiger partial charge in [0.05, 0.1) is 23.4 Å². The zero-order valence-electron chi connectivity index (χ0n) is 18.2. The summed E-state index contributed by atoms with van der Waals surface area (Å²) in [6.07, 6.45) is 0.497. The van der Waals surface area contributed by atoms with Gasteiger partial charge >= 0.3 is 0 Å². The van der Waals surface area contributed by atoms with E-state index in [4.69, 9.17) is 9.72 Å². The molecule has 7 heteroatoms. The number of ether oxygens (including phenoxy) is 1. The highest BCUT2D eigenvalue weighted by molar-refractivity contribution is 7.99. The molecule has 0 unspecified atom stereocenters. The minimum absolute atomic E-state index is 0.143. The number of aromatic nitrogens is 1. The summed E-state index contributed by atoms with van der Waals surface area (Å²) < 4.78 is 6.60. The molecule has 0 bridgehead atoms. The van der Waals surface area contributed by atoms with Crippen molar-refractivity contribution in [2.45, 2.75) is 25.2 Å². The molecule has 1 fully saturated rings. The molecule has 0 aliphatic carbocycles. The minimum Gasteiger partial charge on any atom is -0.379 e. The molecular weight excluding hydrogens is 426 g/mol. The summed E-state index contributed by atoms with van der Waals surface area (Å²) in [6, 6.07) is 14.6. The lowest BCUT2D eigenvalue weighted by Gasteiger charge is -2.29. The van der Waals surface area contributed by atoms with Gasteiger partial charge in [0.25, 0.3) is 0 Å². The highest BCUT2D eigenvalue weighted by Crippen LogP contribution is 2.31. The molecule has 31 heavy (non-hydrogen) atoms. The number of fused-ring (bicyclic) bond motifs is 1. The van der Waals surface area contributed by atoms with Gasteiger partial charge in [0.15, 0.2) is 5.13 Å². The van der Waals surface area contributed by atoms with Crippen LogP contribution in [0, 0.1) is 13.8 Å². The molecule has 4 rings (SSSR count). The molecule has 1 saturated heterocycles. The van der Waals surface area contributed by atoms with Crippen LogP contribution < -0.4 is 4.90 Å². The SMILES string of the molecule is Cc1cc2nc(N(CCN3CCOCC3)C(=O)CCSc3ccccc3)sc2cc1C. The third-order valence-electron chi connectivity index (χ3n) is 5.60. The molecule has 0 radical (unpaired) electrons. The number of thioether (sulfide) groups is 1. The van der Waals surface area contributed by atoms with E-state index in [-0.39, 0.29) is 5.91 Å². The topological polar surface area (TPSA) is 45.7 Å². The lowest BCUT2D eigenvalue weighted by Crippen LogP contribution is -2.43. The molecule has 0 spiro atoms. The average Bonchev–Trinajstić information content (AvgIpc) is 3.18. The highest BCUT2D eigenvalue weighted by Gasteiger charge is 2.21. The number of carbonyl (C=O) groups excluding carboxylic acids is 1. The fourth-order valence-corrected chi connectivity index (χ4v) is 5.54. The largest absolute Gasteiger partial charge is 0.379 e. The Balaban J connectivity index is 1.48. The number of anilines is 1. The summed E-state index contributed by atoms with van der Waals surface area (Å²) in [4.78, 5) is 23.6. The van der Waals surface area contributed by atoms with Crippen LogP contribution in [0.1, 0.15) is 17.5 Å². The monoisotopic (exact) mass is 455 g/mol. The van der Waals surface area contributed by atoms with Crippen LogP contribution in [0.25, 0.3) is 10.2 Å². The van der Waals surface area contributed by atoms with Crippen molar-refractivity contribution in [3.8, 4) is 0 Å². The number of nitrogens with zero attached hydrogens (tertiary/aromatic N) is 3. The molecule has 164 valence electrons. The molecular formula is C24H29N3O2S2. The van der Waals surface area contributed by atoms with Gasteiger partial charge in [-0.15, -0.1) is 11.8 Å². The molecule has 3 aromatic rings. The number of morpholine rings is 1. The summed E-state index contributed by atoms with van der Waals surface area (Å²) in [6.45, 7) is 9.10. The third-order valence-corrected chi connectivity index (χ3v) is 7.65. The van der Waals surface area contributed by atoms with E-state index in [2.05, 4.69) is 43.0 Å². The predicted molar refractivity (Wildman–Crippen MR) is 130 cm³/mol. The van der Waals surface area contributed by atoms with Crippen LogP contribution in [0.15, 0.2) is 47.4 Å².